The van der Waals surface area contributed by atoms with Crippen molar-refractivity contribution in [1.29, 1.82) is 0 Å². The van der Waals surface area contributed by atoms with Gasteiger partial charge >= 0.3 is 6.09 Å². The number of halogens is 1. The molecular formula is C14H20INO3. The Kier molecular flexibility index (Phi) is 6.57. The van der Waals surface area contributed by atoms with Gasteiger partial charge in [0.15, 0.2) is 0 Å². The maximum Gasteiger partial charge on any atom is 0.408 e. The molecule has 0 aliphatic rings. The zero-order chi connectivity index (χ0) is 14.3. The highest BCUT2D eigenvalue weighted by molar-refractivity contribution is 14.1. The molecule has 1 aromatic carbocycles. The van der Waals surface area contributed by atoms with Crippen molar-refractivity contribution in [2.45, 2.75) is 37.0 Å². The van der Waals surface area contributed by atoms with Crippen molar-refractivity contribution in [3.8, 4) is 0 Å². The molecule has 0 heterocycles. The van der Waals surface area contributed by atoms with Crippen LogP contribution in [0.4, 0.5) is 4.79 Å². The maximum absolute atomic E-state index is 11.5. The molecule has 19 heavy (non-hydrogen) atoms. The number of benzene rings is 1. The normalized spacial score (nSPS) is 12.8. The van der Waals surface area contributed by atoms with Gasteiger partial charge in [0, 0.05) is 0 Å². The van der Waals surface area contributed by atoms with Crippen LogP contribution in [0.15, 0.2) is 30.3 Å². The topological polar surface area (TPSA) is 47.6 Å². The summed E-state index contributed by atoms with van der Waals surface area (Å²) in [6.45, 7) is 6.48. The van der Waals surface area contributed by atoms with E-state index in [9.17, 15) is 4.79 Å². The van der Waals surface area contributed by atoms with Crippen molar-refractivity contribution in [2.75, 3.05) is 6.61 Å². The number of carbonyl (C=O) groups is 1. The van der Waals surface area contributed by atoms with Crippen LogP contribution >= 0.6 is 22.6 Å². The molecule has 0 spiro atoms. The molecule has 4 nitrogen and oxygen atoms in total. The number of carbonyl (C=O) groups excluding carboxylic acids is 1. The van der Waals surface area contributed by atoms with E-state index in [-0.39, 0.29) is 4.05 Å². The van der Waals surface area contributed by atoms with Gasteiger partial charge in [-0.2, -0.15) is 0 Å². The Balaban J connectivity index is 2.21. The molecular weight excluding hydrogens is 357 g/mol. The number of amides is 1. The lowest BCUT2D eigenvalue weighted by atomic mass is 10.2. The van der Waals surface area contributed by atoms with Gasteiger partial charge in [0.2, 0.25) is 0 Å². The van der Waals surface area contributed by atoms with E-state index >= 15 is 0 Å². The summed E-state index contributed by atoms with van der Waals surface area (Å²) in [4.78, 5) is 11.5. The van der Waals surface area contributed by atoms with Gasteiger partial charge in [0.05, 0.1) is 13.2 Å². The van der Waals surface area contributed by atoms with Crippen LogP contribution in [0.1, 0.15) is 26.3 Å². The van der Waals surface area contributed by atoms with Gasteiger partial charge < -0.3 is 14.8 Å². The maximum atomic E-state index is 11.5. The third kappa shape index (κ3) is 8.05. The van der Waals surface area contributed by atoms with Gasteiger partial charge in [-0.3, -0.25) is 0 Å². The van der Waals surface area contributed by atoms with Gasteiger partial charge in [-0.05, 0) is 26.3 Å². The van der Waals surface area contributed by atoms with E-state index in [0.717, 1.165) is 5.56 Å². The second-order valence-electron chi connectivity index (χ2n) is 5.11. The molecule has 0 saturated carbocycles. The first-order valence-corrected chi connectivity index (χ1v) is 7.36. The van der Waals surface area contributed by atoms with Crippen LogP contribution in [0.25, 0.3) is 0 Å². The zero-order valence-electron chi connectivity index (χ0n) is 11.5. The molecule has 1 atom stereocenters. The largest absolute Gasteiger partial charge is 0.444 e. The Morgan fingerprint density at radius 3 is 2.53 bits per heavy atom. The average Bonchev–Trinajstić information content (AvgIpc) is 2.27. The number of hydrogen-bond acceptors (Lipinski definition) is 3. The van der Waals surface area contributed by atoms with Crippen LogP contribution in [0, 0.1) is 0 Å². The van der Waals surface area contributed by atoms with E-state index in [4.69, 9.17) is 9.47 Å². The summed E-state index contributed by atoms with van der Waals surface area (Å²) in [7, 11) is 0. The molecule has 1 N–H and O–H groups in total. The highest BCUT2D eigenvalue weighted by atomic mass is 127. The second kappa shape index (κ2) is 7.69. The predicted octanol–water partition coefficient (Wildman–Crippen LogP) is 3.49. The molecule has 0 aromatic heterocycles. The number of hydrogen-bond donors (Lipinski definition) is 1. The Labute approximate surface area is 128 Å². The smallest absolute Gasteiger partial charge is 0.408 e. The Bertz CT molecular complexity index is 389. The first-order valence-electron chi connectivity index (χ1n) is 6.12. The van der Waals surface area contributed by atoms with Gasteiger partial charge in [-0.1, -0.05) is 52.9 Å². The minimum absolute atomic E-state index is 0.115. The molecule has 5 heteroatoms. The van der Waals surface area contributed by atoms with Crippen LogP contribution in [-0.2, 0) is 16.1 Å². The van der Waals surface area contributed by atoms with Crippen molar-refractivity contribution in [1.82, 2.24) is 5.32 Å². The van der Waals surface area contributed by atoms with E-state index in [1.165, 1.54) is 0 Å². The van der Waals surface area contributed by atoms with Crippen LogP contribution in [0.5, 0.6) is 0 Å². The fourth-order valence-electron chi connectivity index (χ4n) is 1.33. The third-order valence-corrected chi connectivity index (χ3v) is 2.72. The first kappa shape index (κ1) is 16.2. The monoisotopic (exact) mass is 377 g/mol. The minimum Gasteiger partial charge on any atom is -0.444 e. The summed E-state index contributed by atoms with van der Waals surface area (Å²) < 4.78 is 10.6. The Morgan fingerprint density at radius 2 is 1.95 bits per heavy atom. The van der Waals surface area contributed by atoms with Crippen LogP contribution in [-0.4, -0.2) is 22.3 Å². The van der Waals surface area contributed by atoms with Gasteiger partial charge in [-0.15, -0.1) is 0 Å². The summed E-state index contributed by atoms with van der Waals surface area (Å²) in [5, 5.41) is 2.72. The summed E-state index contributed by atoms with van der Waals surface area (Å²) in [6.07, 6.45) is -0.421. The van der Waals surface area contributed by atoms with Crippen LogP contribution < -0.4 is 5.32 Å². The number of ether oxygens (including phenoxy) is 2. The highest BCUT2D eigenvalue weighted by Crippen LogP contribution is 2.08. The van der Waals surface area contributed by atoms with Crippen LogP contribution in [0.3, 0.4) is 0 Å². The third-order valence-electron chi connectivity index (χ3n) is 2.05. The molecule has 0 aliphatic heterocycles. The summed E-state index contributed by atoms with van der Waals surface area (Å²) in [5.74, 6) is 0. The number of alkyl carbamates (subject to hydrolysis) is 1. The second-order valence-corrected chi connectivity index (χ2v) is 6.62. The van der Waals surface area contributed by atoms with Crippen molar-refractivity contribution in [2.24, 2.45) is 0 Å². The van der Waals surface area contributed by atoms with E-state index < -0.39 is 11.7 Å². The minimum atomic E-state index is -0.481. The van der Waals surface area contributed by atoms with Crippen molar-refractivity contribution in [3.05, 3.63) is 35.9 Å². The summed E-state index contributed by atoms with van der Waals surface area (Å²) >= 11 is 2.11. The van der Waals surface area contributed by atoms with Crippen molar-refractivity contribution < 1.29 is 14.3 Å². The lowest BCUT2D eigenvalue weighted by Gasteiger charge is -2.21. The molecule has 0 fully saturated rings. The van der Waals surface area contributed by atoms with E-state index in [1.54, 1.807) is 0 Å². The molecule has 0 saturated heterocycles. The average molecular weight is 377 g/mol. The SMILES string of the molecule is CC(C)(C)OC(=O)N[C@H](I)COCc1ccccc1. The molecule has 1 amide bonds. The number of alkyl halides is 1. The molecule has 1 aromatic rings. The lowest BCUT2D eigenvalue weighted by Crippen LogP contribution is -2.38. The molecule has 0 unspecified atom stereocenters. The molecule has 0 aliphatic carbocycles. The van der Waals surface area contributed by atoms with E-state index in [0.29, 0.717) is 13.2 Å². The van der Waals surface area contributed by atoms with Gasteiger partial charge in [-0.25, -0.2) is 4.79 Å². The Hall–Kier alpha value is -0.820. The van der Waals surface area contributed by atoms with Gasteiger partial charge in [0.1, 0.15) is 9.65 Å². The summed E-state index contributed by atoms with van der Waals surface area (Å²) in [5.41, 5.74) is 0.633. The quantitative estimate of drug-likeness (QED) is 0.486. The molecule has 106 valence electrons. The van der Waals surface area contributed by atoms with E-state index in [2.05, 4.69) is 27.9 Å². The molecule has 0 radical (unpaired) electrons. The van der Waals surface area contributed by atoms with Gasteiger partial charge in [0.25, 0.3) is 0 Å². The fourth-order valence-corrected chi connectivity index (χ4v) is 1.84. The fraction of sp³-hybridized carbons (Fsp3) is 0.500. The summed E-state index contributed by atoms with van der Waals surface area (Å²) in [6, 6.07) is 9.92. The Morgan fingerprint density at radius 1 is 1.32 bits per heavy atom. The van der Waals surface area contributed by atoms with E-state index in [1.807, 2.05) is 51.1 Å². The zero-order valence-corrected chi connectivity index (χ0v) is 13.6. The van der Waals surface area contributed by atoms with Crippen LogP contribution in [0.2, 0.25) is 0 Å². The first-order chi connectivity index (χ1) is 8.87. The molecule has 1 rings (SSSR count). The van der Waals surface area contributed by atoms with Crippen molar-refractivity contribution in [3.63, 3.8) is 0 Å². The molecule has 0 bridgehead atoms. The van der Waals surface area contributed by atoms with Crippen molar-refractivity contribution >= 4 is 28.7 Å². The standard InChI is InChI=1S/C14H20INO3/c1-14(2,3)19-13(17)16-12(15)10-18-9-11-7-5-4-6-8-11/h4-8,12H,9-10H2,1-3H3,(H,16,17)/t12-/m0/s1. The number of nitrogens with one attached hydrogen (secondary N) is 1. The number of rotatable bonds is 5. The predicted molar refractivity (Wildman–Crippen MR) is 83.3 cm³/mol. The highest BCUT2D eigenvalue weighted by Gasteiger charge is 2.18. The lowest BCUT2D eigenvalue weighted by molar-refractivity contribution is 0.0485.